The van der Waals surface area contributed by atoms with Crippen molar-refractivity contribution in [3.05, 3.63) is 23.8 Å². The van der Waals surface area contributed by atoms with Crippen LogP contribution in [0.4, 0.5) is 0 Å². The molecule has 0 saturated carbocycles. The van der Waals surface area contributed by atoms with Crippen LogP contribution in [0, 0.1) is 5.92 Å². The second-order valence-corrected chi connectivity index (χ2v) is 4.04. The molecule has 1 amide bonds. The third kappa shape index (κ3) is 3.37. The fraction of sp³-hybridized carbons (Fsp3) is 0.462. The van der Waals surface area contributed by atoms with Crippen molar-refractivity contribution >= 4 is 5.91 Å². The molecule has 0 heterocycles. The first-order chi connectivity index (χ1) is 8.63. The zero-order valence-electron chi connectivity index (χ0n) is 10.9. The van der Waals surface area contributed by atoms with Gasteiger partial charge in [0.05, 0.1) is 19.8 Å². The van der Waals surface area contributed by atoms with E-state index in [4.69, 9.17) is 14.6 Å². The van der Waals surface area contributed by atoms with Crippen molar-refractivity contribution in [2.24, 2.45) is 5.92 Å². The van der Waals surface area contributed by atoms with Crippen LogP contribution in [0.2, 0.25) is 0 Å². The normalized spacial score (nSPS) is 11.8. The lowest BCUT2D eigenvalue weighted by Crippen LogP contribution is -2.29. The molecule has 0 fully saturated rings. The topological polar surface area (TPSA) is 67.8 Å². The van der Waals surface area contributed by atoms with E-state index in [1.165, 1.54) is 14.2 Å². The molecule has 1 atom stereocenters. The molecule has 0 spiro atoms. The van der Waals surface area contributed by atoms with Crippen molar-refractivity contribution in [2.75, 3.05) is 27.4 Å². The lowest BCUT2D eigenvalue weighted by atomic mass is 10.1. The van der Waals surface area contributed by atoms with Crippen LogP contribution in [0.15, 0.2) is 18.2 Å². The van der Waals surface area contributed by atoms with Gasteiger partial charge in [-0.3, -0.25) is 4.79 Å². The van der Waals surface area contributed by atoms with Crippen molar-refractivity contribution in [1.29, 1.82) is 0 Å². The second-order valence-electron chi connectivity index (χ2n) is 4.04. The molecule has 5 heteroatoms. The smallest absolute Gasteiger partial charge is 0.255 e. The minimum absolute atomic E-state index is 0.0190. The van der Waals surface area contributed by atoms with Crippen molar-refractivity contribution in [1.82, 2.24) is 5.32 Å². The molecular weight excluding hydrogens is 234 g/mol. The number of hydrogen-bond donors (Lipinski definition) is 2. The molecule has 1 rings (SSSR count). The predicted octanol–water partition coefficient (Wildman–Crippen LogP) is 1.06. The lowest BCUT2D eigenvalue weighted by Gasteiger charge is -2.14. The summed E-state index contributed by atoms with van der Waals surface area (Å²) in [5.41, 5.74) is 0.419. The fourth-order valence-corrected chi connectivity index (χ4v) is 1.49. The van der Waals surface area contributed by atoms with Crippen LogP contribution in [0.3, 0.4) is 0 Å². The van der Waals surface area contributed by atoms with E-state index in [0.717, 1.165) is 0 Å². The number of aliphatic hydroxyl groups is 1. The number of amides is 1. The number of carbonyl (C=O) groups is 1. The van der Waals surface area contributed by atoms with Crippen LogP contribution in [-0.4, -0.2) is 38.4 Å². The van der Waals surface area contributed by atoms with E-state index in [1.807, 2.05) is 6.92 Å². The number of methoxy groups -OCH3 is 2. The molecule has 1 unspecified atom stereocenters. The number of aliphatic hydroxyl groups excluding tert-OH is 1. The minimum atomic E-state index is -0.244. The summed E-state index contributed by atoms with van der Waals surface area (Å²) in [6.07, 6.45) is 0. The molecule has 0 saturated heterocycles. The van der Waals surface area contributed by atoms with Crippen LogP contribution < -0.4 is 14.8 Å². The summed E-state index contributed by atoms with van der Waals surface area (Å²) in [5, 5.41) is 11.6. The number of benzene rings is 1. The first kappa shape index (κ1) is 14.3. The average molecular weight is 253 g/mol. The van der Waals surface area contributed by atoms with Gasteiger partial charge in [0, 0.05) is 13.2 Å². The molecule has 0 aromatic heterocycles. The molecule has 0 radical (unpaired) electrons. The molecule has 0 aliphatic heterocycles. The number of carbonyl (C=O) groups excluding carboxylic acids is 1. The molecular formula is C13H19NO4. The first-order valence-electron chi connectivity index (χ1n) is 5.74. The number of nitrogens with one attached hydrogen (secondary N) is 1. The van der Waals surface area contributed by atoms with Crippen molar-refractivity contribution in [2.45, 2.75) is 6.92 Å². The molecule has 5 nitrogen and oxygen atoms in total. The first-order valence-corrected chi connectivity index (χ1v) is 5.74. The molecule has 2 N–H and O–H groups in total. The number of hydrogen-bond acceptors (Lipinski definition) is 4. The zero-order chi connectivity index (χ0) is 13.5. The standard InChI is InChI=1S/C13H19NO4/c1-9(8-15)7-14-13(16)10-5-4-6-11(17-2)12(10)18-3/h4-6,9,15H,7-8H2,1-3H3,(H,14,16). The molecule has 1 aromatic carbocycles. The number of para-hydroxylation sites is 1. The van der Waals surface area contributed by atoms with Gasteiger partial charge in [0.15, 0.2) is 11.5 Å². The molecule has 1 aromatic rings. The predicted molar refractivity (Wildman–Crippen MR) is 68.1 cm³/mol. The van der Waals surface area contributed by atoms with Gasteiger partial charge in [-0.25, -0.2) is 0 Å². The summed E-state index contributed by atoms with van der Waals surface area (Å²) >= 11 is 0. The van der Waals surface area contributed by atoms with E-state index in [0.29, 0.717) is 23.6 Å². The van der Waals surface area contributed by atoms with Crippen molar-refractivity contribution in [3.8, 4) is 11.5 Å². The Labute approximate surface area is 107 Å². The summed E-state index contributed by atoms with van der Waals surface area (Å²) < 4.78 is 10.3. The Morgan fingerprint density at radius 3 is 2.67 bits per heavy atom. The zero-order valence-corrected chi connectivity index (χ0v) is 10.9. The Kier molecular flexibility index (Phi) is 5.45. The van der Waals surface area contributed by atoms with E-state index >= 15 is 0 Å². The van der Waals surface area contributed by atoms with Crippen LogP contribution in [0.1, 0.15) is 17.3 Å². The van der Waals surface area contributed by atoms with Gasteiger partial charge in [-0.05, 0) is 18.1 Å². The maximum absolute atomic E-state index is 12.0. The maximum Gasteiger partial charge on any atom is 0.255 e. The van der Waals surface area contributed by atoms with Gasteiger partial charge in [0.2, 0.25) is 0 Å². The maximum atomic E-state index is 12.0. The second kappa shape index (κ2) is 6.86. The molecule has 0 aliphatic carbocycles. The van der Waals surface area contributed by atoms with Gasteiger partial charge in [-0.15, -0.1) is 0 Å². The Morgan fingerprint density at radius 1 is 1.39 bits per heavy atom. The van der Waals surface area contributed by atoms with E-state index in [2.05, 4.69) is 5.32 Å². The van der Waals surface area contributed by atoms with Gasteiger partial charge in [-0.1, -0.05) is 13.0 Å². The summed E-state index contributed by atoms with van der Waals surface area (Å²) in [5.74, 6) is 0.700. The van der Waals surface area contributed by atoms with Crippen LogP contribution in [0.5, 0.6) is 11.5 Å². The summed E-state index contributed by atoms with van der Waals surface area (Å²) in [6.45, 7) is 2.30. The monoisotopic (exact) mass is 253 g/mol. The third-order valence-corrected chi connectivity index (χ3v) is 2.57. The van der Waals surface area contributed by atoms with Gasteiger partial charge >= 0.3 is 0 Å². The van der Waals surface area contributed by atoms with Gasteiger partial charge < -0.3 is 19.9 Å². The highest BCUT2D eigenvalue weighted by atomic mass is 16.5. The Hall–Kier alpha value is -1.75. The van der Waals surface area contributed by atoms with E-state index in [-0.39, 0.29) is 18.4 Å². The average Bonchev–Trinajstić information content (AvgIpc) is 2.42. The number of ether oxygens (including phenoxy) is 2. The Bertz CT molecular complexity index is 406. The van der Waals surface area contributed by atoms with E-state index in [1.54, 1.807) is 18.2 Å². The van der Waals surface area contributed by atoms with Crippen LogP contribution in [0.25, 0.3) is 0 Å². The highest BCUT2D eigenvalue weighted by molar-refractivity contribution is 5.97. The van der Waals surface area contributed by atoms with Crippen molar-refractivity contribution in [3.63, 3.8) is 0 Å². The largest absolute Gasteiger partial charge is 0.493 e. The van der Waals surface area contributed by atoms with Crippen LogP contribution >= 0.6 is 0 Å². The molecule has 0 bridgehead atoms. The van der Waals surface area contributed by atoms with Gasteiger partial charge in [-0.2, -0.15) is 0 Å². The highest BCUT2D eigenvalue weighted by Crippen LogP contribution is 2.30. The number of rotatable bonds is 6. The SMILES string of the molecule is COc1cccc(C(=O)NCC(C)CO)c1OC. The third-order valence-electron chi connectivity index (χ3n) is 2.57. The molecule has 100 valence electrons. The Balaban J connectivity index is 2.85. The summed E-state index contributed by atoms with van der Waals surface area (Å²) in [4.78, 5) is 12.0. The van der Waals surface area contributed by atoms with Gasteiger partial charge in [0.25, 0.3) is 5.91 Å². The highest BCUT2D eigenvalue weighted by Gasteiger charge is 2.16. The Morgan fingerprint density at radius 2 is 2.11 bits per heavy atom. The van der Waals surface area contributed by atoms with Crippen LogP contribution in [-0.2, 0) is 0 Å². The molecule has 0 aliphatic rings. The minimum Gasteiger partial charge on any atom is -0.493 e. The molecule has 18 heavy (non-hydrogen) atoms. The fourth-order valence-electron chi connectivity index (χ4n) is 1.49. The summed E-state index contributed by atoms with van der Waals surface area (Å²) in [6, 6.07) is 5.12. The quantitative estimate of drug-likeness (QED) is 0.795. The van der Waals surface area contributed by atoms with Crippen molar-refractivity contribution < 1.29 is 19.4 Å². The van der Waals surface area contributed by atoms with E-state index < -0.39 is 0 Å². The van der Waals surface area contributed by atoms with Gasteiger partial charge in [0.1, 0.15) is 0 Å². The summed E-state index contributed by atoms with van der Waals surface area (Å²) in [7, 11) is 3.01. The lowest BCUT2D eigenvalue weighted by molar-refractivity contribution is 0.0938. The van der Waals surface area contributed by atoms with E-state index in [9.17, 15) is 4.79 Å².